The molecule has 0 saturated heterocycles. The van der Waals surface area contributed by atoms with Gasteiger partial charge in [0.2, 0.25) is 0 Å². The first-order chi connectivity index (χ1) is 31.9. The van der Waals surface area contributed by atoms with Crippen molar-refractivity contribution in [3.05, 3.63) is 0 Å². The van der Waals surface area contributed by atoms with Crippen molar-refractivity contribution in [2.75, 3.05) is 53.6 Å². The fourth-order valence-electron chi connectivity index (χ4n) is 8.48. The van der Waals surface area contributed by atoms with Crippen LogP contribution in [0.5, 0.6) is 0 Å². The topological polar surface area (TPSA) is 103 Å². The molecule has 0 aromatic carbocycles. The molecule has 65 heavy (non-hydrogen) atoms. The van der Waals surface area contributed by atoms with Crippen LogP contribution in [0.15, 0.2) is 0 Å². The summed E-state index contributed by atoms with van der Waals surface area (Å²) < 4.78 is 22.5. The minimum Gasteiger partial charge on any atom is -0.466 e. The van der Waals surface area contributed by atoms with Gasteiger partial charge in [-0.25, -0.2) is 4.79 Å². The van der Waals surface area contributed by atoms with Crippen molar-refractivity contribution in [2.45, 2.75) is 290 Å². The van der Waals surface area contributed by atoms with Gasteiger partial charge in [0.15, 0.2) is 0 Å². The average molecular weight is 924 g/mol. The molecule has 386 valence electrons. The van der Waals surface area contributed by atoms with Gasteiger partial charge in [0.05, 0.1) is 26.4 Å². The summed E-state index contributed by atoms with van der Waals surface area (Å²) in [5, 5.41) is 2.81. The molecule has 0 atom stereocenters. The van der Waals surface area contributed by atoms with Crippen LogP contribution in [0.1, 0.15) is 284 Å². The highest BCUT2D eigenvalue weighted by Gasteiger charge is 2.15. The highest BCUT2D eigenvalue weighted by Crippen LogP contribution is 2.18. The van der Waals surface area contributed by atoms with E-state index in [1.54, 1.807) is 0 Å². The number of hydrogen-bond donors (Lipinski definition) is 1. The number of carbonyl (C=O) groups excluding carboxylic acids is 3. The molecular weight excluding hydrogens is 813 g/mol. The molecule has 0 heterocycles. The van der Waals surface area contributed by atoms with Gasteiger partial charge in [0, 0.05) is 25.9 Å². The van der Waals surface area contributed by atoms with Gasteiger partial charge in [0.25, 0.3) is 0 Å². The molecule has 0 aromatic heterocycles. The largest absolute Gasteiger partial charge is 0.466 e. The maximum Gasteiger partial charge on any atom is 0.407 e. The van der Waals surface area contributed by atoms with E-state index in [0.717, 1.165) is 57.9 Å². The summed E-state index contributed by atoms with van der Waals surface area (Å²) in [5.41, 5.74) is 0. The molecule has 0 aromatic rings. The number of hydrogen-bond acceptors (Lipinski definition) is 8. The van der Waals surface area contributed by atoms with Crippen LogP contribution in [0, 0.1) is 0 Å². The van der Waals surface area contributed by atoms with Crippen molar-refractivity contribution >= 4 is 18.0 Å². The standard InChI is InChI=1S/C56H110N2O7/c1-5-7-9-11-13-15-17-19-21-23-25-27-29-31-33-35-37-45-54(59)63-49-41-39-43-53(65-56(61)57-47-51-62-52-48-58(3)4)44-40-42-50-64-55(60)46-38-36-34-32-30-28-26-24-22-20-18-16-14-12-10-8-6-2/h53H,5-52H2,1-4H3,(H,57,61). The summed E-state index contributed by atoms with van der Waals surface area (Å²) >= 11 is 0. The Balaban J connectivity index is 4.05. The van der Waals surface area contributed by atoms with Crippen LogP contribution in [0.2, 0.25) is 0 Å². The number of carbonyl (C=O) groups is 3. The molecule has 0 saturated carbocycles. The number of unbranched alkanes of at least 4 members (excludes halogenated alkanes) is 34. The Morgan fingerprint density at radius 3 is 1.05 bits per heavy atom. The van der Waals surface area contributed by atoms with Gasteiger partial charge in [-0.3, -0.25) is 9.59 Å². The van der Waals surface area contributed by atoms with Crippen molar-refractivity contribution in [3.8, 4) is 0 Å². The van der Waals surface area contributed by atoms with Gasteiger partial charge in [-0.1, -0.05) is 219 Å². The van der Waals surface area contributed by atoms with E-state index in [2.05, 4.69) is 24.1 Å². The number of likely N-dealkylation sites (N-methyl/N-ethyl adjacent to an activating group) is 1. The van der Waals surface area contributed by atoms with Crippen molar-refractivity contribution < 1.29 is 33.3 Å². The summed E-state index contributed by atoms with van der Waals surface area (Å²) in [4.78, 5) is 39.3. The first-order valence-corrected chi connectivity index (χ1v) is 28.4. The number of nitrogens with zero attached hydrogens (tertiary/aromatic N) is 1. The van der Waals surface area contributed by atoms with Crippen molar-refractivity contribution in [1.29, 1.82) is 0 Å². The molecule has 0 aliphatic heterocycles. The van der Waals surface area contributed by atoms with Crippen LogP contribution in [0.3, 0.4) is 0 Å². The zero-order valence-corrected chi connectivity index (χ0v) is 43.8. The second-order valence-electron chi connectivity index (χ2n) is 19.6. The summed E-state index contributed by atoms with van der Waals surface area (Å²) in [5.74, 6) is -0.212. The molecule has 0 bridgehead atoms. The van der Waals surface area contributed by atoms with Crippen LogP contribution in [0.25, 0.3) is 0 Å². The van der Waals surface area contributed by atoms with Crippen LogP contribution >= 0.6 is 0 Å². The van der Waals surface area contributed by atoms with Gasteiger partial charge < -0.3 is 29.2 Å². The van der Waals surface area contributed by atoms with Crippen LogP contribution in [-0.2, 0) is 28.5 Å². The normalized spacial score (nSPS) is 11.5. The van der Waals surface area contributed by atoms with Gasteiger partial charge in [-0.2, -0.15) is 0 Å². The van der Waals surface area contributed by atoms with E-state index >= 15 is 0 Å². The lowest BCUT2D eigenvalue weighted by Gasteiger charge is -2.18. The number of ether oxygens (including phenoxy) is 4. The Labute approximate surface area is 403 Å². The number of esters is 2. The third-order valence-corrected chi connectivity index (χ3v) is 12.8. The molecule has 1 amide bonds. The zero-order chi connectivity index (χ0) is 47.4. The summed E-state index contributed by atoms with van der Waals surface area (Å²) in [6.45, 7) is 7.63. The molecule has 0 fully saturated rings. The molecule has 0 spiro atoms. The van der Waals surface area contributed by atoms with Gasteiger partial charge in [0.1, 0.15) is 6.10 Å². The SMILES string of the molecule is CCCCCCCCCCCCCCCCCCCC(=O)OCCCCC(CCCCOC(=O)CCCCCCCCCCCCCCCCCCC)OC(=O)NCCOCCN(C)C. The van der Waals surface area contributed by atoms with Gasteiger partial charge >= 0.3 is 18.0 Å². The van der Waals surface area contributed by atoms with E-state index in [-0.39, 0.29) is 18.0 Å². The monoisotopic (exact) mass is 923 g/mol. The number of alkyl carbamates (subject to hydrolysis) is 1. The predicted molar refractivity (Wildman–Crippen MR) is 275 cm³/mol. The Bertz CT molecular complexity index is 936. The molecule has 0 radical (unpaired) electrons. The van der Waals surface area contributed by atoms with Crippen LogP contribution < -0.4 is 5.32 Å². The smallest absolute Gasteiger partial charge is 0.407 e. The molecule has 9 heteroatoms. The fraction of sp³-hybridized carbons (Fsp3) is 0.946. The number of nitrogens with one attached hydrogen (secondary N) is 1. The molecule has 9 nitrogen and oxygen atoms in total. The molecular formula is C56H110N2O7. The van der Waals surface area contributed by atoms with Gasteiger partial charge in [-0.15, -0.1) is 0 Å². The molecule has 0 aliphatic carbocycles. The van der Waals surface area contributed by atoms with E-state index in [1.807, 2.05) is 14.1 Å². The lowest BCUT2D eigenvalue weighted by Crippen LogP contribution is -2.32. The van der Waals surface area contributed by atoms with Crippen molar-refractivity contribution in [2.24, 2.45) is 0 Å². The lowest BCUT2D eigenvalue weighted by atomic mass is 10.0. The fourth-order valence-corrected chi connectivity index (χ4v) is 8.48. The minimum atomic E-state index is -0.438. The predicted octanol–water partition coefficient (Wildman–Crippen LogP) is 16.2. The molecule has 0 aliphatic rings. The summed E-state index contributed by atoms with van der Waals surface area (Å²) in [6.07, 6.45) is 49.8. The Morgan fingerprint density at radius 2 is 0.723 bits per heavy atom. The minimum absolute atomic E-state index is 0.106. The Hall–Kier alpha value is -1.87. The Kier molecular flexibility index (Phi) is 51.6. The maximum absolute atomic E-state index is 12.6. The first-order valence-electron chi connectivity index (χ1n) is 28.4. The Morgan fingerprint density at radius 1 is 0.400 bits per heavy atom. The van der Waals surface area contributed by atoms with E-state index in [9.17, 15) is 14.4 Å². The third kappa shape index (κ3) is 53.0. The van der Waals surface area contributed by atoms with Crippen molar-refractivity contribution in [1.82, 2.24) is 10.2 Å². The average Bonchev–Trinajstić information content (AvgIpc) is 3.29. The second kappa shape index (κ2) is 53.1. The molecule has 1 N–H and O–H groups in total. The quantitative estimate of drug-likeness (QED) is 0.0365. The maximum atomic E-state index is 12.6. The lowest BCUT2D eigenvalue weighted by molar-refractivity contribution is -0.144. The van der Waals surface area contributed by atoms with E-state index in [4.69, 9.17) is 18.9 Å². The van der Waals surface area contributed by atoms with E-state index in [1.165, 1.54) is 193 Å². The molecule has 0 rings (SSSR count). The number of amides is 1. The van der Waals surface area contributed by atoms with Crippen LogP contribution in [0.4, 0.5) is 4.79 Å². The zero-order valence-electron chi connectivity index (χ0n) is 43.8. The second-order valence-corrected chi connectivity index (χ2v) is 19.6. The summed E-state index contributed by atoms with van der Waals surface area (Å²) in [7, 11) is 4.00. The van der Waals surface area contributed by atoms with Crippen molar-refractivity contribution in [3.63, 3.8) is 0 Å². The van der Waals surface area contributed by atoms with Gasteiger partial charge in [-0.05, 0) is 65.5 Å². The summed E-state index contributed by atoms with van der Waals surface area (Å²) in [6, 6.07) is 0. The third-order valence-electron chi connectivity index (χ3n) is 12.8. The first kappa shape index (κ1) is 63.1. The molecule has 0 unspecified atom stereocenters. The van der Waals surface area contributed by atoms with E-state index < -0.39 is 6.09 Å². The number of rotatable bonds is 53. The highest BCUT2D eigenvalue weighted by molar-refractivity contribution is 5.69. The van der Waals surface area contributed by atoms with E-state index in [0.29, 0.717) is 58.7 Å². The highest BCUT2D eigenvalue weighted by atomic mass is 16.6. The van der Waals surface area contributed by atoms with Crippen LogP contribution in [-0.4, -0.2) is 82.6 Å².